The lowest BCUT2D eigenvalue weighted by molar-refractivity contribution is -0.144. The fourth-order valence-electron chi connectivity index (χ4n) is 10.0. The molecule has 4 aliphatic heterocycles. The van der Waals surface area contributed by atoms with E-state index in [0.29, 0.717) is 55.4 Å². The molecule has 6 rings (SSSR count). The highest BCUT2D eigenvalue weighted by Gasteiger charge is 2.56. The molecule has 27 heteroatoms. The molecule has 2 aromatic carbocycles. The molecule has 466 valence electrons. The molecule has 0 saturated carbocycles. The average Bonchev–Trinajstić information content (AvgIpc) is 3.68. The maximum atomic E-state index is 14.4. The van der Waals surface area contributed by atoms with Gasteiger partial charge in [-0.2, -0.15) is 135 Å². The van der Waals surface area contributed by atoms with Gasteiger partial charge in [0.05, 0.1) is 17.3 Å². The van der Waals surface area contributed by atoms with Gasteiger partial charge in [0.2, 0.25) is 35.4 Å². The molecular formula is C55H91N7O7S13. The number of rotatable bonds is 18. The van der Waals surface area contributed by atoms with Crippen molar-refractivity contribution in [2.45, 2.75) is 147 Å². The number of amides is 6. The Hall–Kier alpha value is -1.70. The van der Waals surface area contributed by atoms with Gasteiger partial charge in [0.25, 0.3) is 0 Å². The summed E-state index contributed by atoms with van der Waals surface area (Å²) >= 11 is 8.99. The summed E-state index contributed by atoms with van der Waals surface area (Å²) in [5.74, 6) is 9.95. The third-order valence-electron chi connectivity index (χ3n) is 14.5. The summed E-state index contributed by atoms with van der Waals surface area (Å²) in [6.07, 6.45) is 3.59. The predicted octanol–water partition coefficient (Wildman–Crippen LogP) is 7.00. The summed E-state index contributed by atoms with van der Waals surface area (Å²) in [6.45, 7) is 13.5. The van der Waals surface area contributed by atoms with Gasteiger partial charge in [-0.1, -0.05) is 126 Å². The summed E-state index contributed by atoms with van der Waals surface area (Å²) in [5.41, 5.74) is -0.00768. The zero-order valence-corrected chi connectivity index (χ0v) is 60.3. The molecule has 2 aromatic rings. The number of carbonyl (C=O) groups excluding carboxylic acids is 7. The van der Waals surface area contributed by atoms with E-state index in [1.54, 1.807) is 81.9 Å². The third kappa shape index (κ3) is 22.8. The van der Waals surface area contributed by atoms with E-state index >= 15 is 0 Å². The Bertz CT molecular complexity index is 2330. The molecule has 0 radical (unpaired) electrons. The number of fused-ring (bicyclic) bond motifs is 2. The second kappa shape index (κ2) is 41.5. The minimum Gasteiger partial charge on any atom is -0.344 e. The normalized spacial score (nSPS) is 21.7. The van der Waals surface area contributed by atoms with E-state index in [9.17, 15) is 33.6 Å². The van der Waals surface area contributed by atoms with Crippen molar-refractivity contribution in [3.63, 3.8) is 0 Å². The highest BCUT2D eigenvalue weighted by Crippen LogP contribution is 2.48. The summed E-state index contributed by atoms with van der Waals surface area (Å²) < 4.78 is 0. The first kappa shape index (κ1) is 89.1. The minimum absolute atomic E-state index is 0. The molecule has 0 bridgehead atoms. The van der Waals surface area contributed by atoms with Crippen molar-refractivity contribution in [3.8, 4) is 23.7 Å². The van der Waals surface area contributed by atoms with E-state index in [1.807, 2.05) is 67.6 Å². The van der Waals surface area contributed by atoms with Gasteiger partial charge in [-0.15, -0.1) is 23.5 Å². The predicted molar refractivity (Wildman–Crippen MR) is 392 cm³/mol. The highest BCUT2D eigenvalue weighted by molar-refractivity contribution is 8.00. The lowest BCUT2D eigenvalue weighted by atomic mass is 9.83. The molecular weight excluding hydrogens is 1290 g/mol. The maximum Gasteiger partial charge on any atom is 0.247 e. The van der Waals surface area contributed by atoms with Crippen LogP contribution in [0.25, 0.3) is 0 Å². The second-order valence-corrected chi connectivity index (χ2v) is 23.7. The van der Waals surface area contributed by atoms with Crippen molar-refractivity contribution in [2.24, 2.45) is 22.7 Å². The number of hydrogen-bond donors (Lipinski definition) is 5. The Morgan fingerprint density at radius 3 is 1.63 bits per heavy atom. The van der Waals surface area contributed by atoms with Crippen LogP contribution in [0.2, 0.25) is 0 Å². The van der Waals surface area contributed by atoms with Gasteiger partial charge in [0, 0.05) is 35.6 Å². The highest BCUT2D eigenvalue weighted by atomic mass is 32.2. The molecule has 4 aliphatic rings. The van der Waals surface area contributed by atoms with Crippen molar-refractivity contribution in [3.05, 3.63) is 71.8 Å². The van der Waals surface area contributed by atoms with Crippen molar-refractivity contribution in [1.82, 2.24) is 36.4 Å². The summed E-state index contributed by atoms with van der Waals surface area (Å²) in [5, 5.41) is 14.5. The fourth-order valence-corrected chi connectivity index (χ4v) is 13.6. The fraction of sp³-hybridized carbons (Fsp3) is 0.564. The zero-order chi connectivity index (χ0) is 52.3. The van der Waals surface area contributed by atoms with E-state index in [1.165, 1.54) is 0 Å². The van der Waals surface area contributed by atoms with Crippen molar-refractivity contribution in [2.75, 3.05) is 25.1 Å². The topological polar surface area (TPSA) is 186 Å². The first-order chi connectivity index (χ1) is 34.3. The van der Waals surface area contributed by atoms with E-state index in [-0.39, 0.29) is 206 Å². The molecule has 6 amide bonds. The van der Waals surface area contributed by atoms with Crippen LogP contribution in [-0.4, -0.2) is 116 Å². The Kier molecular flexibility index (Phi) is 45.0. The minimum atomic E-state index is -1.07. The van der Waals surface area contributed by atoms with Crippen LogP contribution >= 0.6 is 171 Å². The van der Waals surface area contributed by atoms with Gasteiger partial charge >= 0.3 is 0 Å². The van der Waals surface area contributed by atoms with Crippen LogP contribution < -0.4 is 26.6 Å². The molecule has 0 unspecified atom stereocenters. The molecule has 0 aromatic heterocycles. The molecule has 14 nitrogen and oxygen atoms in total. The molecule has 10 atom stereocenters. The van der Waals surface area contributed by atoms with Crippen LogP contribution in [0.1, 0.15) is 123 Å². The van der Waals surface area contributed by atoms with E-state index < -0.39 is 58.8 Å². The van der Waals surface area contributed by atoms with E-state index in [2.05, 4.69) is 50.3 Å². The van der Waals surface area contributed by atoms with Gasteiger partial charge < -0.3 is 36.4 Å². The average molecular weight is 1380 g/mol. The number of benzene rings is 2. The van der Waals surface area contributed by atoms with Crippen LogP contribution in [0.5, 0.6) is 0 Å². The molecule has 4 saturated heterocycles. The van der Waals surface area contributed by atoms with Crippen LogP contribution in [0.15, 0.2) is 60.7 Å². The lowest BCUT2D eigenvalue weighted by Crippen LogP contribution is -2.57. The van der Waals surface area contributed by atoms with Crippen molar-refractivity contribution >= 4 is 217 Å². The van der Waals surface area contributed by atoms with Crippen LogP contribution in [-0.2, 0) is 33.6 Å². The number of carbonyl (C=O) groups is 7. The number of thioether (sulfide) groups is 2. The Labute approximate surface area is 571 Å². The van der Waals surface area contributed by atoms with E-state index in [0.717, 1.165) is 10.6 Å². The summed E-state index contributed by atoms with van der Waals surface area (Å²) in [4.78, 5) is 102. The third-order valence-corrected chi connectivity index (χ3v) is 17.5. The molecule has 82 heavy (non-hydrogen) atoms. The van der Waals surface area contributed by atoms with Crippen molar-refractivity contribution in [1.29, 1.82) is 0 Å². The van der Waals surface area contributed by atoms with Gasteiger partial charge in [0.1, 0.15) is 30.2 Å². The Balaban J connectivity index is -0.00000198. The molecule has 5 N–H and O–H groups in total. The van der Waals surface area contributed by atoms with Gasteiger partial charge in [-0.05, 0) is 97.8 Å². The zero-order valence-electron chi connectivity index (χ0n) is 47.8. The van der Waals surface area contributed by atoms with Crippen LogP contribution in [0, 0.1) is 46.3 Å². The SMILES string of the molecule is CC[C@@H](C)C(=O)N[C@H]1CCS[C@H]2CC(C)(C)[C@@H](C(=O)N[C@H](C(=O)CCC#CC#CCNC(=O)[C@@H](NC(=O)[C@H]3N4C(=O)[C@@H](CC(=S)[C@H](C)NC)CCS[C@H]4CC3(C)C)c3ccccc3)c3ccccc3)N2C1=O.S.S.S.S.S.S.S.S.S.S. The van der Waals surface area contributed by atoms with Crippen LogP contribution in [0.4, 0.5) is 0 Å². The van der Waals surface area contributed by atoms with Gasteiger partial charge in [-0.25, -0.2) is 0 Å². The summed E-state index contributed by atoms with van der Waals surface area (Å²) in [6, 6.07) is 13.4. The number of thiocarbonyl (C=S) groups is 1. The Morgan fingerprint density at radius 1 is 0.671 bits per heavy atom. The molecule has 4 heterocycles. The maximum absolute atomic E-state index is 14.4. The molecule has 0 aliphatic carbocycles. The number of Topliss-reactive ketones (excluding diaryl/α,β-unsaturated/α-hetero) is 1. The molecule has 0 spiro atoms. The van der Waals surface area contributed by atoms with Gasteiger partial charge in [0.15, 0.2) is 5.78 Å². The Morgan fingerprint density at radius 2 is 1.13 bits per heavy atom. The number of hydrogen-bond acceptors (Lipinski definition) is 11. The van der Waals surface area contributed by atoms with E-state index in [4.69, 9.17) is 12.2 Å². The number of nitrogens with one attached hydrogen (secondary N) is 5. The quantitative estimate of drug-likeness (QED) is 0.0765. The first-order valence-electron chi connectivity index (χ1n) is 25.1. The largest absolute Gasteiger partial charge is 0.344 e. The monoisotopic (exact) mass is 1380 g/mol. The smallest absolute Gasteiger partial charge is 0.247 e. The van der Waals surface area contributed by atoms with Crippen molar-refractivity contribution < 1.29 is 33.6 Å². The molecule has 4 fully saturated rings. The van der Waals surface area contributed by atoms with Crippen LogP contribution in [0.3, 0.4) is 0 Å². The number of ketones is 1. The number of nitrogens with zero attached hydrogens (tertiary/aromatic N) is 2. The first-order valence-corrected chi connectivity index (χ1v) is 27.6. The second-order valence-electron chi connectivity index (χ2n) is 20.7. The standard InChI is InChI=1S/C55H71N7O7S3.10H2S/c1-9-34(2)48(64)58-39-27-30-72-43-33-55(6,7)47(62(43)53(39)69)50(66)59-44(36-21-15-13-16-22-36)40(63)25-19-11-10-12-20-28-57-49(65)45(37-23-17-14-18-24-37)60-51(67)46-54(4,5)32-42-61(46)52(68)38(26-29-71-42)31-41(70)35(3)56-8;;;;;;;;;;/h13-18,21-24,34-35,38-39,42-47,56H,9,19,25-33H2,1-8H3,(H,57,65)(H,58,64)(H,59,66)(H,60,67);10*1H2/t34-,35+,38-,39+,42+,43+,44+,45+,46-,47-;;;;;;;;;;/m1........../s1. The summed E-state index contributed by atoms with van der Waals surface area (Å²) in [7, 11) is 1.84. The lowest BCUT2D eigenvalue weighted by Gasteiger charge is -2.35. The van der Waals surface area contributed by atoms with Gasteiger partial charge in [-0.3, -0.25) is 33.6 Å².